The third kappa shape index (κ3) is 3.86. The minimum Gasteiger partial charge on any atom is -0.324 e. The maximum Gasteiger partial charge on any atom is 0.227 e. The van der Waals surface area contributed by atoms with E-state index in [1.807, 2.05) is 17.5 Å². The summed E-state index contributed by atoms with van der Waals surface area (Å²) in [7, 11) is 0. The van der Waals surface area contributed by atoms with E-state index in [4.69, 9.17) is 0 Å². The number of thiophene rings is 1. The van der Waals surface area contributed by atoms with Gasteiger partial charge in [-0.2, -0.15) is 0 Å². The molecule has 4 rings (SSSR count). The number of hydrogen-bond donors (Lipinski definition) is 1. The SMILES string of the molecule is Cc1ccc(CN2CCc3nc(Nc4ccc(F)cc4)ncc3C2)s1. The van der Waals surface area contributed by atoms with Crippen molar-refractivity contribution in [1.29, 1.82) is 0 Å². The summed E-state index contributed by atoms with van der Waals surface area (Å²) in [6, 6.07) is 10.6. The molecule has 0 aliphatic carbocycles. The third-order valence-electron chi connectivity index (χ3n) is 4.29. The number of aromatic nitrogens is 2. The smallest absolute Gasteiger partial charge is 0.227 e. The monoisotopic (exact) mass is 354 g/mol. The lowest BCUT2D eigenvalue weighted by Gasteiger charge is -2.27. The molecular weight excluding hydrogens is 335 g/mol. The number of rotatable bonds is 4. The van der Waals surface area contributed by atoms with E-state index in [-0.39, 0.29) is 5.82 Å². The molecule has 0 amide bonds. The highest BCUT2D eigenvalue weighted by Crippen LogP contribution is 2.23. The Bertz CT molecular complexity index is 875. The van der Waals surface area contributed by atoms with Crippen LogP contribution in [0, 0.1) is 12.7 Å². The molecule has 4 nitrogen and oxygen atoms in total. The summed E-state index contributed by atoms with van der Waals surface area (Å²) in [5.74, 6) is 0.311. The Labute approximate surface area is 150 Å². The standard InChI is InChI=1S/C19H19FN4S/c1-13-2-7-17(25-13)12-24-9-8-18-14(11-24)10-21-19(23-18)22-16-5-3-15(20)4-6-16/h2-7,10H,8-9,11-12H2,1H3,(H,21,22,23). The van der Waals surface area contributed by atoms with Crippen LogP contribution in [0.15, 0.2) is 42.6 Å². The molecule has 1 N–H and O–H groups in total. The summed E-state index contributed by atoms with van der Waals surface area (Å²) < 4.78 is 13.0. The van der Waals surface area contributed by atoms with Crippen LogP contribution in [0.5, 0.6) is 0 Å². The fourth-order valence-electron chi connectivity index (χ4n) is 3.02. The van der Waals surface area contributed by atoms with Crippen LogP contribution in [0.4, 0.5) is 16.0 Å². The summed E-state index contributed by atoms with van der Waals surface area (Å²) in [5.41, 5.74) is 3.06. The normalized spacial score (nSPS) is 14.3. The average molecular weight is 354 g/mol. The van der Waals surface area contributed by atoms with Crippen LogP contribution in [0.3, 0.4) is 0 Å². The second-order valence-electron chi connectivity index (χ2n) is 6.27. The Balaban J connectivity index is 1.44. The first-order chi connectivity index (χ1) is 12.2. The molecule has 3 aromatic rings. The van der Waals surface area contributed by atoms with Crippen molar-refractivity contribution in [3.05, 3.63) is 69.4 Å². The predicted molar refractivity (Wildman–Crippen MR) is 98.6 cm³/mol. The maximum atomic E-state index is 13.0. The van der Waals surface area contributed by atoms with Crippen molar-refractivity contribution in [2.45, 2.75) is 26.4 Å². The van der Waals surface area contributed by atoms with Crippen molar-refractivity contribution in [2.75, 3.05) is 11.9 Å². The molecule has 0 saturated carbocycles. The molecule has 25 heavy (non-hydrogen) atoms. The lowest BCUT2D eigenvalue weighted by atomic mass is 10.1. The lowest BCUT2D eigenvalue weighted by molar-refractivity contribution is 0.245. The Kier molecular flexibility index (Phi) is 4.46. The van der Waals surface area contributed by atoms with E-state index in [2.05, 4.69) is 39.2 Å². The van der Waals surface area contributed by atoms with Crippen molar-refractivity contribution in [2.24, 2.45) is 0 Å². The molecule has 1 aliphatic rings. The summed E-state index contributed by atoms with van der Waals surface area (Å²) in [6.45, 7) is 5.00. The van der Waals surface area contributed by atoms with Crippen LogP contribution < -0.4 is 5.32 Å². The zero-order valence-corrected chi connectivity index (χ0v) is 14.8. The number of halogens is 1. The molecule has 2 aromatic heterocycles. The number of nitrogens with one attached hydrogen (secondary N) is 1. The Morgan fingerprint density at radius 3 is 2.80 bits per heavy atom. The zero-order valence-electron chi connectivity index (χ0n) is 14.0. The van der Waals surface area contributed by atoms with Crippen LogP contribution in [0.25, 0.3) is 0 Å². The van der Waals surface area contributed by atoms with Gasteiger partial charge in [-0.25, -0.2) is 14.4 Å². The molecular formula is C19H19FN4S. The fourth-order valence-corrected chi connectivity index (χ4v) is 3.96. The van der Waals surface area contributed by atoms with Gasteiger partial charge in [-0.3, -0.25) is 4.90 Å². The van der Waals surface area contributed by atoms with Gasteiger partial charge in [0, 0.05) is 53.3 Å². The first-order valence-electron chi connectivity index (χ1n) is 8.31. The molecule has 128 valence electrons. The average Bonchev–Trinajstić information content (AvgIpc) is 3.02. The first-order valence-corrected chi connectivity index (χ1v) is 9.12. The van der Waals surface area contributed by atoms with Gasteiger partial charge in [0.25, 0.3) is 0 Å². The van der Waals surface area contributed by atoms with Crippen molar-refractivity contribution < 1.29 is 4.39 Å². The van der Waals surface area contributed by atoms with Crippen LogP contribution in [0.2, 0.25) is 0 Å². The Morgan fingerprint density at radius 2 is 2.04 bits per heavy atom. The van der Waals surface area contributed by atoms with Crippen LogP contribution in [0.1, 0.15) is 21.0 Å². The summed E-state index contributed by atoms with van der Waals surface area (Å²) in [4.78, 5) is 14.2. The topological polar surface area (TPSA) is 41.1 Å². The van der Waals surface area contributed by atoms with Crippen molar-refractivity contribution >= 4 is 23.0 Å². The van der Waals surface area contributed by atoms with Crippen molar-refractivity contribution in [3.63, 3.8) is 0 Å². The van der Waals surface area contributed by atoms with Gasteiger partial charge < -0.3 is 5.32 Å². The highest BCUT2D eigenvalue weighted by molar-refractivity contribution is 7.11. The molecule has 3 heterocycles. The van der Waals surface area contributed by atoms with E-state index in [0.717, 1.165) is 37.4 Å². The molecule has 0 bridgehead atoms. The van der Waals surface area contributed by atoms with E-state index < -0.39 is 0 Å². The molecule has 0 radical (unpaired) electrons. The van der Waals surface area contributed by atoms with E-state index in [1.54, 1.807) is 12.1 Å². The molecule has 0 saturated heterocycles. The molecule has 0 unspecified atom stereocenters. The third-order valence-corrected chi connectivity index (χ3v) is 5.27. The largest absolute Gasteiger partial charge is 0.324 e. The van der Waals surface area contributed by atoms with E-state index in [1.165, 1.54) is 27.5 Å². The van der Waals surface area contributed by atoms with Gasteiger partial charge in [0.05, 0.1) is 5.69 Å². The summed E-state index contributed by atoms with van der Waals surface area (Å²) >= 11 is 1.86. The Morgan fingerprint density at radius 1 is 1.20 bits per heavy atom. The van der Waals surface area contributed by atoms with Gasteiger partial charge >= 0.3 is 0 Å². The summed E-state index contributed by atoms with van der Waals surface area (Å²) in [5, 5.41) is 3.13. The van der Waals surface area contributed by atoms with Gasteiger partial charge in [0.1, 0.15) is 5.82 Å². The van der Waals surface area contributed by atoms with Gasteiger partial charge in [-0.1, -0.05) is 0 Å². The Hall–Kier alpha value is -2.31. The molecule has 0 atom stereocenters. The van der Waals surface area contributed by atoms with Crippen LogP contribution in [-0.2, 0) is 19.5 Å². The number of nitrogens with zero attached hydrogens (tertiary/aromatic N) is 3. The number of fused-ring (bicyclic) bond motifs is 1. The minimum atomic E-state index is -0.252. The van der Waals surface area contributed by atoms with E-state index >= 15 is 0 Å². The van der Waals surface area contributed by atoms with Crippen LogP contribution >= 0.6 is 11.3 Å². The van der Waals surface area contributed by atoms with Gasteiger partial charge in [0.2, 0.25) is 5.95 Å². The van der Waals surface area contributed by atoms with E-state index in [9.17, 15) is 4.39 Å². The second kappa shape index (κ2) is 6.90. The minimum absolute atomic E-state index is 0.252. The first kappa shape index (κ1) is 16.2. The quantitative estimate of drug-likeness (QED) is 0.759. The number of anilines is 2. The highest BCUT2D eigenvalue weighted by atomic mass is 32.1. The summed E-state index contributed by atoms with van der Waals surface area (Å²) in [6.07, 6.45) is 2.82. The highest BCUT2D eigenvalue weighted by Gasteiger charge is 2.19. The number of hydrogen-bond acceptors (Lipinski definition) is 5. The number of benzene rings is 1. The van der Waals surface area contributed by atoms with Gasteiger partial charge in [-0.05, 0) is 43.3 Å². The molecule has 6 heteroatoms. The second-order valence-corrected chi connectivity index (χ2v) is 7.64. The van der Waals surface area contributed by atoms with Crippen LogP contribution in [-0.4, -0.2) is 21.4 Å². The molecule has 0 spiro atoms. The lowest BCUT2D eigenvalue weighted by Crippen LogP contribution is -2.30. The van der Waals surface area contributed by atoms with E-state index in [0.29, 0.717) is 5.95 Å². The predicted octanol–water partition coefficient (Wildman–Crippen LogP) is 4.29. The zero-order chi connectivity index (χ0) is 17.2. The maximum absolute atomic E-state index is 13.0. The van der Waals surface area contributed by atoms with Gasteiger partial charge in [-0.15, -0.1) is 11.3 Å². The number of aryl methyl sites for hydroxylation is 1. The van der Waals surface area contributed by atoms with Crippen molar-refractivity contribution in [3.8, 4) is 0 Å². The molecule has 1 aromatic carbocycles. The molecule has 0 fully saturated rings. The van der Waals surface area contributed by atoms with Crippen molar-refractivity contribution in [1.82, 2.24) is 14.9 Å². The van der Waals surface area contributed by atoms with Gasteiger partial charge in [0.15, 0.2) is 0 Å². The fraction of sp³-hybridized carbons (Fsp3) is 0.263. The molecule has 1 aliphatic heterocycles.